The van der Waals surface area contributed by atoms with Crippen LogP contribution in [0.2, 0.25) is 0 Å². The van der Waals surface area contributed by atoms with E-state index >= 15 is 0 Å². The molecule has 1 aromatic heterocycles. The lowest BCUT2D eigenvalue weighted by molar-refractivity contribution is -0.0809. The van der Waals surface area contributed by atoms with Gasteiger partial charge in [-0.05, 0) is 37.8 Å². The Kier molecular flexibility index (Phi) is 4.96. The smallest absolute Gasteiger partial charge is 0.342 e. The monoisotopic (exact) mass is 356 g/mol. The van der Waals surface area contributed by atoms with Gasteiger partial charge in [0, 0.05) is 23.5 Å². The van der Waals surface area contributed by atoms with Gasteiger partial charge in [-0.1, -0.05) is 32.0 Å². The lowest BCUT2D eigenvalue weighted by Crippen LogP contribution is -2.61. The third-order valence-electron chi connectivity index (χ3n) is 5.63. The van der Waals surface area contributed by atoms with E-state index in [1.807, 2.05) is 24.3 Å². The van der Waals surface area contributed by atoms with E-state index in [1.54, 1.807) is 6.20 Å². The number of aromatic nitrogens is 2. The summed E-state index contributed by atoms with van der Waals surface area (Å²) in [6.07, 6.45) is 4.84. The van der Waals surface area contributed by atoms with Crippen LogP contribution in [0.4, 0.5) is 4.79 Å². The van der Waals surface area contributed by atoms with E-state index in [0.717, 1.165) is 43.5 Å². The molecule has 0 radical (unpaired) electrons. The topological polar surface area (TPSA) is 59.4 Å². The minimum Gasteiger partial charge on any atom is -0.378 e. The first-order chi connectivity index (χ1) is 12.6. The number of rotatable bonds is 4. The fourth-order valence-corrected chi connectivity index (χ4v) is 4.25. The van der Waals surface area contributed by atoms with Gasteiger partial charge in [-0.25, -0.2) is 4.79 Å². The standard InChI is InChI=1S/C20H28N4O2/c1-14(2)7-8-23-17-9-16(10-18(23)13-26-12-17)22-20(25)24-19-6-4-3-5-15(19)11-21-24/h3-6,11,14,16-18H,7-10,12-13H2,1-2H3,(H,22,25). The van der Waals surface area contributed by atoms with Gasteiger partial charge in [0.2, 0.25) is 0 Å². The third-order valence-corrected chi connectivity index (χ3v) is 5.63. The first kappa shape index (κ1) is 17.5. The summed E-state index contributed by atoms with van der Waals surface area (Å²) in [7, 11) is 0. The second-order valence-corrected chi connectivity index (χ2v) is 8.00. The van der Waals surface area contributed by atoms with Gasteiger partial charge in [0.1, 0.15) is 0 Å². The number of para-hydroxylation sites is 1. The summed E-state index contributed by atoms with van der Waals surface area (Å²) in [5.41, 5.74) is 0.850. The molecule has 1 aromatic carbocycles. The minimum atomic E-state index is -0.133. The van der Waals surface area contributed by atoms with E-state index < -0.39 is 0 Å². The Morgan fingerprint density at radius 3 is 2.73 bits per heavy atom. The highest BCUT2D eigenvalue weighted by Crippen LogP contribution is 2.28. The molecule has 26 heavy (non-hydrogen) atoms. The number of nitrogens with one attached hydrogen (secondary N) is 1. The Morgan fingerprint density at radius 1 is 1.27 bits per heavy atom. The zero-order valence-corrected chi connectivity index (χ0v) is 15.6. The molecule has 2 saturated heterocycles. The summed E-state index contributed by atoms with van der Waals surface area (Å²) in [5.74, 6) is 0.710. The van der Waals surface area contributed by atoms with E-state index in [9.17, 15) is 4.79 Å². The number of benzene rings is 1. The van der Waals surface area contributed by atoms with Crippen LogP contribution < -0.4 is 5.32 Å². The van der Waals surface area contributed by atoms with Crippen LogP contribution in [-0.2, 0) is 4.74 Å². The van der Waals surface area contributed by atoms with Gasteiger partial charge < -0.3 is 10.1 Å². The van der Waals surface area contributed by atoms with E-state index in [1.165, 1.54) is 11.1 Å². The molecule has 3 heterocycles. The van der Waals surface area contributed by atoms with Crippen LogP contribution >= 0.6 is 0 Å². The van der Waals surface area contributed by atoms with Crippen LogP contribution in [0.3, 0.4) is 0 Å². The Morgan fingerprint density at radius 2 is 2.00 bits per heavy atom. The fourth-order valence-electron chi connectivity index (χ4n) is 4.25. The first-order valence-electron chi connectivity index (χ1n) is 9.69. The van der Waals surface area contributed by atoms with Crippen LogP contribution in [-0.4, -0.2) is 58.6 Å². The summed E-state index contributed by atoms with van der Waals surface area (Å²) in [6.45, 7) is 7.21. The fraction of sp³-hybridized carbons (Fsp3) is 0.600. The predicted octanol–water partition coefficient (Wildman–Crippen LogP) is 2.87. The van der Waals surface area contributed by atoms with Crippen LogP contribution in [0.15, 0.2) is 30.5 Å². The Hall–Kier alpha value is -1.92. The van der Waals surface area contributed by atoms with Crippen molar-refractivity contribution < 1.29 is 9.53 Å². The number of morpholine rings is 1. The van der Waals surface area contributed by atoms with E-state index in [0.29, 0.717) is 18.0 Å². The van der Waals surface area contributed by atoms with Crippen molar-refractivity contribution in [3.8, 4) is 0 Å². The first-order valence-corrected chi connectivity index (χ1v) is 9.69. The largest absolute Gasteiger partial charge is 0.378 e. The average Bonchev–Trinajstić information content (AvgIpc) is 3.04. The number of piperidine rings is 1. The van der Waals surface area contributed by atoms with Crippen LogP contribution in [0.1, 0.15) is 33.1 Å². The maximum Gasteiger partial charge on any atom is 0.342 e. The zero-order chi connectivity index (χ0) is 18.1. The summed E-state index contributed by atoms with van der Waals surface area (Å²) in [5, 5.41) is 8.46. The molecule has 1 N–H and O–H groups in total. The quantitative estimate of drug-likeness (QED) is 0.915. The molecule has 4 rings (SSSR count). The summed E-state index contributed by atoms with van der Waals surface area (Å²) in [6, 6.07) is 8.65. The van der Waals surface area contributed by atoms with Crippen LogP contribution in [0.5, 0.6) is 0 Å². The molecule has 2 aromatic rings. The number of carbonyl (C=O) groups excluding carboxylic acids is 1. The molecular formula is C20H28N4O2. The van der Waals surface area contributed by atoms with Crippen molar-refractivity contribution in [1.82, 2.24) is 20.0 Å². The molecule has 6 heteroatoms. The molecule has 2 fully saturated rings. The van der Waals surface area contributed by atoms with Gasteiger partial charge >= 0.3 is 6.03 Å². The summed E-state index contributed by atoms with van der Waals surface area (Å²) < 4.78 is 7.26. The van der Waals surface area contributed by atoms with Crippen molar-refractivity contribution in [3.05, 3.63) is 30.5 Å². The number of hydrogen-bond acceptors (Lipinski definition) is 4. The van der Waals surface area contributed by atoms with Crippen LogP contribution in [0.25, 0.3) is 10.9 Å². The number of nitrogens with zero attached hydrogens (tertiary/aromatic N) is 3. The number of fused-ring (bicyclic) bond motifs is 3. The third kappa shape index (κ3) is 3.48. The van der Waals surface area contributed by atoms with Gasteiger partial charge in [0.25, 0.3) is 0 Å². The van der Waals surface area contributed by atoms with Gasteiger partial charge in [0.05, 0.1) is 24.9 Å². The molecular weight excluding hydrogens is 328 g/mol. The van der Waals surface area contributed by atoms with Gasteiger partial charge in [-0.2, -0.15) is 9.78 Å². The molecule has 1 amide bonds. The van der Waals surface area contributed by atoms with Crippen molar-refractivity contribution in [2.75, 3.05) is 19.8 Å². The molecule has 0 aliphatic carbocycles. The van der Waals surface area contributed by atoms with Crippen LogP contribution in [0, 0.1) is 5.92 Å². The van der Waals surface area contributed by atoms with Crippen molar-refractivity contribution in [2.24, 2.45) is 5.92 Å². The maximum absolute atomic E-state index is 12.7. The van der Waals surface area contributed by atoms with Crippen molar-refractivity contribution in [1.29, 1.82) is 0 Å². The highest BCUT2D eigenvalue weighted by atomic mass is 16.5. The molecule has 2 unspecified atom stereocenters. The molecule has 2 aliphatic rings. The highest BCUT2D eigenvalue weighted by molar-refractivity contribution is 5.89. The van der Waals surface area contributed by atoms with Gasteiger partial charge in [-0.3, -0.25) is 4.90 Å². The molecule has 0 spiro atoms. The van der Waals surface area contributed by atoms with Gasteiger partial charge in [-0.15, -0.1) is 0 Å². The average molecular weight is 356 g/mol. The Balaban J connectivity index is 1.42. The lowest BCUT2D eigenvalue weighted by Gasteiger charge is -2.48. The SMILES string of the molecule is CC(C)CCN1C2COCC1CC(NC(=O)n1ncc3ccccc31)C2. The molecule has 2 bridgehead atoms. The van der Waals surface area contributed by atoms with E-state index in [4.69, 9.17) is 4.74 Å². The molecule has 140 valence electrons. The van der Waals surface area contributed by atoms with Crippen molar-refractivity contribution in [2.45, 2.75) is 51.2 Å². The normalized spacial score (nSPS) is 26.3. The Labute approximate surface area is 154 Å². The summed E-state index contributed by atoms with van der Waals surface area (Å²) in [4.78, 5) is 15.4. The van der Waals surface area contributed by atoms with Crippen molar-refractivity contribution >= 4 is 16.9 Å². The number of carbonyl (C=O) groups is 1. The summed E-state index contributed by atoms with van der Waals surface area (Å²) >= 11 is 0. The van der Waals surface area contributed by atoms with Crippen molar-refractivity contribution in [3.63, 3.8) is 0 Å². The van der Waals surface area contributed by atoms with Gasteiger partial charge in [0.15, 0.2) is 0 Å². The molecule has 2 aliphatic heterocycles. The maximum atomic E-state index is 12.7. The predicted molar refractivity (Wildman–Crippen MR) is 101 cm³/mol. The second kappa shape index (κ2) is 7.37. The highest BCUT2D eigenvalue weighted by Gasteiger charge is 2.39. The molecule has 0 saturated carbocycles. The Bertz CT molecular complexity index is 758. The lowest BCUT2D eigenvalue weighted by atomic mass is 9.89. The number of ether oxygens (including phenoxy) is 1. The van der Waals surface area contributed by atoms with E-state index in [2.05, 4.69) is 29.2 Å². The zero-order valence-electron chi connectivity index (χ0n) is 15.6. The van der Waals surface area contributed by atoms with E-state index in [-0.39, 0.29) is 12.1 Å². The molecule has 2 atom stereocenters. The second-order valence-electron chi connectivity index (χ2n) is 8.00. The minimum absolute atomic E-state index is 0.133. The number of amides is 1. The number of hydrogen-bond donors (Lipinski definition) is 1. The molecule has 6 nitrogen and oxygen atoms in total.